The molecule has 2 nitrogen and oxygen atoms in total. The van der Waals surface area contributed by atoms with E-state index in [2.05, 4.69) is 219 Å². The number of rotatable bonds is 7. The summed E-state index contributed by atoms with van der Waals surface area (Å²) >= 11 is 0. The summed E-state index contributed by atoms with van der Waals surface area (Å²) in [4.78, 5) is 5.01. The maximum atomic E-state index is 2.53. The molecule has 286 valence electrons. The van der Waals surface area contributed by atoms with Crippen molar-refractivity contribution in [3.05, 3.63) is 178 Å². The van der Waals surface area contributed by atoms with Crippen molar-refractivity contribution in [2.75, 3.05) is 9.80 Å². The topological polar surface area (TPSA) is 6.48 Å². The van der Waals surface area contributed by atoms with E-state index in [1.54, 1.807) is 0 Å². The van der Waals surface area contributed by atoms with Crippen LogP contribution >= 0.6 is 0 Å². The number of nitrogens with zero attached hydrogens (tertiary/aromatic N) is 2. The Morgan fingerprint density at radius 3 is 1.12 bits per heavy atom. The first-order chi connectivity index (χ1) is 27.1. The second-order valence-corrected chi connectivity index (χ2v) is 17.9. The van der Waals surface area contributed by atoms with Gasteiger partial charge in [-0.15, -0.1) is 0 Å². The zero-order valence-corrected chi connectivity index (χ0v) is 35.7. The fourth-order valence-corrected chi connectivity index (χ4v) is 8.88. The molecule has 0 N–H and O–H groups in total. The van der Waals surface area contributed by atoms with E-state index in [9.17, 15) is 0 Å². The minimum atomic E-state index is -0.00225. The van der Waals surface area contributed by atoms with E-state index in [4.69, 9.17) is 0 Å². The Bertz CT molecular complexity index is 2740. The van der Waals surface area contributed by atoms with Gasteiger partial charge in [0.15, 0.2) is 0 Å². The molecule has 0 radical (unpaired) electrons. The Kier molecular flexibility index (Phi) is 9.73. The average Bonchev–Trinajstić information content (AvgIpc) is 3.14. The molecule has 0 spiro atoms. The molecule has 0 atom stereocenters. The Balaban J connectivity index is 1.49. The average molecular weight is 745 g/mol. The number of aryl methyl sites for hydroxylation is 6. The third kappa shape index (κ3) is 7.30. The quantitative estimate of drug-likeness (QED) is 0.150. The molecule has 0 fully saturated rings. The molecule has 0 bridgehead atoms. The van der Waals surface area contributed by atoms with E-state index in [-0.39, 0.29) is 5.41 Å². The van der Waals surface area contributed by atoms with Gasteiger partial charge in [-0.25, -0.2) is 0 Å². The highest BCUT2D eigenvalue weighted by atomic mass is 15.2. The second kappa shape index (κ2) is 14.6. The van der Waals surface area contributed by atoms with Gasteiger partial charge in [0.1, 0.15) is 0 Å². The van der Waals surface area contributed by atoms with Crippen molar-refractivity contribution in [3.8, 4) is 0 Å². The fraction of sp³-hybridized carbons (Fsp3) is 0.236. The summed E-state index contributed by atoms with van der Waals surface area (Å²) in [5.41, 5.74) is 17.3. The Hall–Kier alpha value is -5.86. The molecule has 57 heavy (non-hydrogen) atoms. The molecule has 2 heteroatoms. The molecule has 0 aliphatic carbocycles. The zero-order chi connectivity index (χ0) is 40.3. The van der Waals surface area contributed by atoms with Crippen LogP contribution in [0.25, 0.3) is 32.3 Å². The van der Waals surface area contributed by atoms with Crippen LogP contribution in [0.1, 0.15) is 85.0 Å². The lowest BCUT2D eigenvalue weighted by atomic mass is 9.85. The van der Waals surface area contributed by atoms with Crippen molar-refractivity contribution >= 4 is 66.4 Å². The third-order valence-corrected chi connectivity index (χ3v) is 11.4. The molecular weight excluding hydrogens is 689 g/mol. The van der Waals surface area contributed by atoms with Crippen LogP contribution in [0.2, 0.25) is 0 Å². The molecule has 8 aromatic rings. The molecule has 8 aromatic carbocycles. The molecule has 0 aromatic heterocycles. The van der Waals surface area contributed by atoms with Gasteiger partial charge in [-0.05, 0) is 180 Å². The van der Waals surface area contributed by atoms with E-state index in [1.807, 2.05) is 0 Å². The summed E-state index contributed by atoms with van der Waals surface area (Å²) in [7, 11) is 0. The van der Waals surface area contributed by atoms with Crippen LogP contribution in [0.5, 0.6) is 0 Å². The molecule has 0 saturated heterocycles. The smallest absolute Gasteiger partial charge is 0.0546 e. The van der Waals surface area contributed by atoms with E-state index >= 15 is 0 Å². The van der Waals surface area contributed by atoms with E-state index in [0.717, 1.165) is 0 Å². The molecule has 0 heterocycles. The van der Waals surface area contributed by atoms with Gasteiger partial charge >= 0.3 is 0 Å². The minimum absolute atomic E-state index is 0.00225. The van der Waals surface area contributed by atoms with Crippen molar-refractivity contribution in [1.29, 1.82) is 0 Å². The maximum absolute atomic E-state index is 2.53. The van der Waals surface area contributed by atoms with Gasteiger partial charge in [0, 0.05) is 33.5 Å². The van der Waals surface area contributed by atoms with Crippen LogP contribution in [0.3, 0.4) is 0 Å². The fourth-order valence-electron chi connectivity index (χ4n) is 8.88. The Labute approximate surface area is 340 Å². The largest absolute Gasteiger partial charge is 0.310 e. The normalized spacial score (nSPS) is 11.9. The summed E-state index contributed by atoms with van der Waals surface area (Å²) in [6, 6.07) is 51.0. The first-order valence-electron chi connectivity index (χ1n) is 20.5. The molecule has 0 saturated carbocycles. The van der Waals surface area contributed by atoms with E-state index < -0.39 is 0 Å². The van der Waals surface area contributed by atoms with Gasteiger partial charge in [0.05, 0.1) is 11.4 Å². The van der Waals surface area contributed by atoms with Crippen LogP contribution in [-0.2, 0) is 5.41 Å². The van der Waals surface area contributed by atoms with Crippen molar-refractivity contribution < 1.29 is 0 Å². The number of hydrogen-bond acceptors (Lipinski definition) is 2. The standard InChI is InChI=1S/C55H56N2/c1-34(2)41-22-39(7)28-45(30-41)57(46-29-40(8)23-42(31-46)55(9,10)11)54-33-52-47-16-12-14-18-49(47)53(32-51(52)48-17-13-15-19-50(48)54)56(43-24-35(3)20-36(4)25-43)44-26-37(5)21-38(6)27-44/h12-34H,1-11H3. The molecule has 0 aliphatic heterocycles. The van der Waals surface area contributed by atoms with E-state index in [1.165, 1.54) is 111 Å². The van der Waals surface area contributed by atoms with Crippen LogP contribution in [0.15, 0.2) is 133 Å². The molecule has 0 unspecified atom stereocenters. The Morgan fingerprint density at radius 2 is 0.719 bits per heavy atom. The lowest BCUT2D eigenvalue weighted by Gasteiger charge is -2.32. The predicted molar refractivity (Wildman–Crippen MR) is 250 cm³/mol. The maximum Gasteiger partial charge on any atom is 0.0546 e. The highest BCUT2D eigenvalue weighted by Gasteiger charge is 2.24. The summed E-state index contributed by atoms with van der Waals surface area (Å²) < 4.78 is 0. The van der Waals surface area contributed by atoms with Gasteiger partial charge in [-0.1, -0.05) is 107 Å². The summed E-state index contributed by atoms with van der Waals surface area (Å²) in [5.74, 6) is 0.404. The number of hydrogen-bond donors (Lipinski definition) is 0. The summed E-state index contributed by atoms with van der Waals surface area (Å²) in [6.07, 6.45) is 0. The lowest BCUT2D eigenvalue weighted by Crippen LogP contribution is -2.16. The zero-order valence-electron chi connectivity index (χ0n) is 35.7. The lowest BCUT2D eigenvalue weighted by molar-refractivity contribution is 0.590. The first kappa shape index (κ1) is 38.0. The van der Waals surface area contributed by atoms with Crippen LogP contribution < -0.4 is 9.80 Å². The van der Waals surface area contributed by atoms with Gasteiger partial charge in [0.25, 0.3) is 0 Å². The predicted octanol–water partition coefficient (Wildman–Crippen LogP) is 16.4. The van der Waals surface area contributed by atoms with Gasteiger partial charge in [0.2, 0.25) is 0 Å². The number of fused-ring (bicyclic) bond motifs is 5. The van der Waals surface area contributed by atoms with Gasteiger partial charge in [-0.2, -0.15) is 0 Å². The number of anilines is 6. The van der Waals surface area contributed by atoms with Crippen molar-refractivity contribution in [3.63, 3.8) is 0 Å². The van der Waals surface area contributed by atoms with Crippen LogP contribution in [0.4, 0.5) is 34.1 Å². The minimum Gasteiger partial charge on any atom is -0.310 e. The third-order valence-electron chi connectivity index (χ3n) is 11.4. The summed E-state index contributed by atoms with van der Waals surface area (Å²) in [6.45, 7) is 24.8. The molecule has 0 amide bonds. The first-order valence-corrected chi connectivity index (χ1v) is 20.5. The highest BCUT2D eigenvalue weighted by molar-refractivity contribution is 6.24. The number of benzene rings is 8. The van der Waals surface area contributed by atoms with E-state index in [0.29, 0.717) is 5.92 Å². The molecular formula is C55H56N2. The SMILES string of the molecule is Cc1cc(C)cc(N(c2cc(C)cc(C)c2)c2cc3c4ccccc4c(N(c4cc(C)cc(C(C)C)c4)c4cc(C)cc(C(C)(C)C)c4)cc3c3ccccc23)c1. The van der Waals surface area contributed by atoms with Gasteiger partial charge < -0.3 is 9.80 Å². The van der Waals surface area contributed by atoms with Crippen molar-refractivity contribution in [2.24, 2.45) is 0 Å². The second-order valence-electron chi connectivity index (χ2n) is 17.9. The summed E-state index contributed by atoms with van der Waals surface area (Å²) in [5, 5.41) is 7.41. The van der Waals surface area contributed by atoms with Crippen LogP contribution in [-0.4, -0.2) is 0 Å². The van der Waals surface area contributed by atoms with Crippen LogP contribution in [0, 0.1) is 41.5 Å². The molecule has 8 rings (SSSR count). The highest BCUT2D eigenvalue weighted by Crippen LogP contribution is 2.49. The van der Waals surface area contributed by atoms with Crippen molar-refractivity contribution in [2.45, 2.75) is 87.5 Å². The monoisotopic (exact) mass is 744 g/mol. The molecule has 0 aliphatic rings. The van der Waals surface area contributed by atoms with Gasteiger partial charge in [-0.3, -0.25) is 0 Å². The van der Waals surface area contributed by atoms with Crippen molar-refractivity contribution in [1.82, 2.24) is 0 Å². The Morgan fingerprint density at radius 1 is 0.368 bits per heavy atom.